The summed E-state index contributed by atoms with van der Waals surface area (Å²) < 4.78 is 28.2. The quantitative estimate of drug-likeness (QED) is 0.613. The number of rotatable bonds is 3. The van der Waals surface area contributed by atoms with Crippen LogP contribution in [-0.2, 0) is 13.7 Å². The summed E-state index contributed by atoms with van der Waals surface area (Å²) in [5, 5.41) is 0. The molecule has 0 aliphatic heterocycles. The van der Waals surface area contributed by atoms with Crippen molar-refractivity contribution in [2.45, 2.75) is 20.8 Å². The van der Waals surface area contributed by atoms with Crippen LogP contribution in [0.3, 0.4) is 0 Å². The predicted molar refractivity (Wildman–Crippen MR) is 54.4 cm³/mol. The van der Waals surface area contributed by atoms with Gasteiger partial charge in [-0.2, -0.15) is 0 Å². The van der Waals surface area contributed by atoms with Crippen LogP contribution in [0.1, 0.15) is 20.8 Å². The topological polar surface area (TPSA) is 120 Å². The first kappa shape index (κ1) is 26.0. The minimum absolute atomic E-state index is 0. The van der Waals surface area contributed by atoms with E-state index < -0.39 is 24.1 Å². The first-order valence-electron chi connectivity index (χ1n) is 4.17. The molecule has 0 aromatic carbocycles. The molecule has 0 aliphatic rings. The molecule has 16 heavy (non-hydrogen) atoms. The van der Waals surface area contributed by atoms with E-state index in [0.717, 1.165) is 0 Å². The van der Waals surface area contributed by atoms with E-state index in [1.54, 1.807) is 20.8 Å². The van der Waals surface area contributed by atoms with Gasteiger partial charge in [0.05, 0.1) is 0 Å². The largest absolute Gasteiger partial charge is 3.00 e. The molecule has 0 aromatic rings. The van der Waals surface area contributed by atoms with E-state index in [0.29, 0.717) is 0 Å². The molecule has 0 aromatic heterocycles. The van der Waals surface area contributed by atoms with Gasteiger partial charge in [0.25, 0.3) is 0 Å². The van der Waals surface area contributed by atoms with Gasteiger partial charge in [0.15, 0.2) is 0 Å². The van der Waals surface area contributed by atoms with E-state index in [9.17, 15) is 28.4 Å². The Morgan fingerprint density at radius 1 is 0.688 bits per heavy atom. The Balaban J connectivity index is -0.0000000655. The van der Waals surface area contributed by atoms with Gasteiger partial charge in [-0.1, -0.05) is 13.7 Å². The molecule has 6 nitrogen and oxygen atoms in total. The number of hydrogen-bond acceptors (Lipinski definition) is 6. The summed E-state index contributed by atoms with van der Waals surface area (Å²) in [5.74, 6) is 0. The van der Waals surface area contributed by atoms with Crippen LogP contribution >= 0.6 is 24.1 Å². The third-order valence-electron chi connectivity index (χ3n) is 0.775. The SMILES string of the molecule is CC[P+](=O)[O-].CC[P+](=O)[O-].CC[P+](=O)[O-].[La+3]. The first-order valence-corrected chi connectivity index (χ1v) is 8.25. The van der Waals surface area contributed by atoms with Gasteiger partial charge in [0.1, 0.15) is 18.5 Å². The molecule has 0 radical (unpaired) electrons. The van der Waals surface area contributed by atoms with Gasteiger partial charge in [-0.15, -0.1) is 0 Å². The van der Waals surface area contributed by atoms with E-state index >= 15 is 0 Å². The van der Waals surface area contributed by atoms with Crippen molar-refractivity contribution >= 4 is 24.1 Å². The van der Waals surface area contributed by atoms with Gasteiger partial charge >= 0.3 is 59.7 Å². The summed E-state index contributed by atoms with van der Waals surface area (Å²) in [6.45, 7) is 4.81. The second-order valence-corrected chi connectivity index (χ2v) is 5.84. The van der Waals surface area contributed by atoms with Crippen molar-refractivity contribution in [3.05, 3.63) is 0 Å². The maximum Gasteiger partial charge on any atom is 3.00 e. The molecular weight excluding hydrogens is 400 g/mol. The van der Waals surface area contributed by atoms with E-state index in [2.05, 4.69) is 0 Å². The molecule has 0 amide bonds. The van der Waals surface area contributed by atoms with E-state index in [1.807, 2.05) is 0 Å². The zero-order chi connectivity index (χ0) is 12.9. The maximum atomic E-state index is 9.41. The summed E-state index contributed by atoms with van der Waals surface area (Å²) in [6.07, 6.45) is 0.778. The van der Waals surface area contributed by atoms with Crippen molar-refractivity contribution in [3.63, 3.8) is 0 Å². The summed E-state index contributed by atoms with van der Waals surface area (Å²) >= 11 is 0. The Kier molecular flexibility index (Phi) is 35.2. The summed E-state index contributed by atoms with van der Waals surface area (Å²) in [4.78, 5) is 28.2. The van der Waals surface area contributed by atoms with Gasteiger partial charge in [0.2, 0.25) is 0 Å². The summed E-state index contributed by atoms with van der Waals surface area (Å²) in [6, 6.07) is 0. The van der Waals surface area contributed by atoms with Crippen molar-refractivity contribution in [2.75, 3.05) is 18.5 Å². The Hall–Kier alpha value is 1.37. The predicted octanol–water partition coefficient (Wildman–Crippen LogP) is 0.327. The molecule has 0 rings (SSSR count). The minimum Gasteiger partial charge on any atom is -0.596 e. The van der Waals surface area contributed by atoms with Crippen LogP contribution < -0.4 is 14.7 Å². The second-order valence-electron chi connectivity index (χ2n) is 1.95. The molecule has 3 atom stereocenters. The minimum atomic E-state index is -2.10. The Bertz CT molecular complexity index is 167. The van der Waals surface area contributed by atoms with Crippen molar-refractivity contribution in [2.24, 2.45) is 0 Å². The molecule has 0 fully saturated rings. The molecule has 0 N–H and O–H groups in total. The fourth-order valence-electron chi connectivity index (χ4n) is 0. The third kappa shape index (κ3) is 58.4. The maximum absolute atomic E-state index is 9.41. The van der Waals surface area contributed by atoms with Crippen molar-refractivity contribution in [3.8, 4) is 0 Å². The van der Waals surface area contributed by atoms with Crippen molar-refractivity contribution in [1.82, 2.24) is 0 Å². The van der Waals surface area contributed by atoms with Crippen LogP contribution in [0.5, 0.6) is 0 Å². The first-order chi connectivity index (χ1) is 6.81. The van der Waals surface area contributed by atoms with Gasteiger partial charge in [-0.25, -0.2) is 0 Å². The molecule has 0 heterocycles. The van der Waals surface area contributed by atoms with Crippen LogP contribution in [-0.4, -0.2) is 18.5 Å². The molecule has 90 valence electrons. The van der Waals surface area contributed by atoms with E-state index in [1.165, 1.54) is 0 Å². The van der Waals surface area contributed by atoms with Crippen LogP contribution in [0.15, 0.2) is 0 Å². The van der Waals surface area contributed by atoms with E-state index in [4.69, 9.17) is 0 Å². The monoisotopic (exact) mass is 415 g/mol. The molecule has 0 aliphatic carbocycles. The van der Waals surface area contributed by atoms with Crippen LogP contribution in [0.2, 0.25) is 0 Å². The van der Waals surface area contributed by atoms with Crippen molar-refractivity contribution < 1.29 is 64.0 Å². The Morgan fingerprint density at radius 3 is 0.750 bits per heavy atom. The Morgan fingerprint density at radius 2 is 0.750 bits per heavy atom. The molecule has 0 saturated carbocycles. The van der Waals surface area contributed by atoms with Gasteiger partial charge in [-0.05, 0) is 20.8 Å². The van der Waals surface area contributed by atoms with Crippen LogP contribution in [0.4, 0.5) is 0 Å². The normalized spacial score (nSPS) is 10.5. The zero-order valence-corrected chi connectivity index (χ0v) is 15.8. The molecule has 10 heteroatoms. The smallest absolute Gasteiger partial charge is 0.596 e. The fourth-order valence-corrected chi connectivity index (χ4v) is 0. The van der Waals surface area contributed by atoms with Crippen molar-refractivity contribution in [1.29, 1.82) is 0 Å². The van der Waals surface area contributed by atoms with Gasteiger partial charge in [0, 0.05) is 0 Å². The molecular formula is C6H15LaO6P3+3. The summed E-state index contributed by atoms with van der Waals surface area (Å²) in [5.41, 5.74) is 0. The molecule has 0 bridgehead atoms. The summed E-state index contributed by atoms with van der Waals surface area (Å²) in [7, 11) is -6.29. The third-order valence-corrected chi connectivity index (χ3v) is 2.32. The van der Waals surface area contributed by atoms with Gasteiger partial charge in [-0.3, -0.25) is 0 Å². The zero-order valence-electron chi connectivity index (χ0n) is 9.49. The second kappa shape index (κ2) is 21.6. The van der Waals surface area contributed by atoms with E-state index in [-0.39, 0.29) is 54.1 Å². The van der Waals surface area contributed by atoms with Crippen LogP contribution in [0.25, 0.3) is 0 Å². The average molecular weight is 415 g/mol. The average Bonchev–Trinajstić information content (AvgIpc) is 2.19. The standard InChI is InChI=1S/3C2H5O2P.La/c3*1-2-5(3)4;/h3*2H2,1H3;/q;;;+3. The molecule has 3 unspecified atom stereocenters. The molecule has 0 spiro atoms. The van der Waals surface area contributed by atoms with Gasteiger partial charge < -0.3 is 14.7 Å². The Labute approximate surface area is 126 Å². The number of hydrogen-bond donors (Lipinski definition) is 0. The fraction of sp³-hybridized carbons (Fsp3) is 1.00. The van der Waals surface area contributed by atoms with Crippen LogP contribution in [0, 0.1) is 35.6 Å². The molecule has 0 saturated heterocycles.